The smallest absolute Gasteiger partial charge is 0.328 e. The van der Waals surface area contributed by atoms with E-state index in [1.165, 1.54) is 0 Å². The second-order valence-electron chi connectivity index (χ2n) is 3.98. The molecule has 0 saturated carbocycles. The minimum absolute atomic E-state index is 0.368. The van der Waals surface area contributed by atoms with Gasteiger partial charge in [0.25, 0.3) is 0 Å². The van der Waals surface area contributed by atoms with Crippen molar-refractivity contribution in [3.63, 3.8) is 0 Å². The average molecular weight is 246 g/mol. The molecule has 0 aromatic heterocycles. The van der Waals surface area contributed by atoms with E-state index in [0.29, 0.717) is 25.7 Å². The maximum absolute atomic E-state index is 11.3. The van der Waals surface area contributed by atoms with Crippen LogP contribution >= 0.6 is 0 Å². The number of carboxylic acids is 1. The molecule has 7 nitrogen and oxygen atoms in total. The molecule has 0 unspecified atom stereocenters. The second kappa shape index (κ2) is 7.08. The molecule has 0 aromatic carbocycles. The Balaban J connectivity index is 2.21. The van der Waals surface area contributed by atoms with Crippen LogP contribution in [0.15, 0.2) is 0 Å². The van der Waals surface area contributed by atoms with E-state index in [-0.39, 0.29) is 0 Å². The molecule has 0 aliphatic carbocycles. The van der Waals surface area contributed by atoms with Gasteiger partial charge >= 0.3 is 12.0 Å². The second-order valence-corrected chi connectivity index (χ2v) is 3.98. The van der Waals surface area contributed by atoms with Gasteiger partial charge in [-0.05, 0) is 18.8 Å². The van der Waals surface area contributed by atoms with Crippen molar-refractivity contribution in [3.05, 3.63) is 0 Å². The molecule has 1 fully saturated rings. The quantitative estimate of drug-likeness (QED) is 0.506. The molecule has 17 heavy (non-hydrogen) atoms. The first-order valence-corrected chi connectivity index (χ1v) is 5.59. The van der Waals surface area contributed by atoms with Crippen LogP contribution in [0, 0.1) is 5.92 Å². The summed E-state index contributed by atoms with van der Waals surface area (Å²) in [5.74, 6) is -0.888. The highest BCUT2D eigenvalue weighted by Crippen LogP contribution is 2.12. The van der Waals surface area contributed by atoms with E-state index in [9.17, 15) is 9.59 Å². The number of carbonyl (C=O) groups excluding carboxylic acids is 1. The molecule has 1 atom stereocenters. The van der Waals surface area contributed by atoms with Crippen molar-refractivity contribution >= 4 is 12.0 Å². The highest BCUT2D eigenvalue weighted by atomic mass is 16.5. The van der Waals surface area contributed by atoms with Crippen LogP contribution in [0.4, 0.5) is 4.79 Å². The summed E-state index contributed by atoms with van der Waals surface area (Å²) in [6, 6.07) is -1.83. The van der Waals surface area contributed by atoms with Crippen molar-refractivity contribution < 1.29 is 24.5 Å². The van der Waals surface area contributed by atoms with Gasteiger partial charge in [-0.15, -0.1) is 0 Å². The SMILES string of the molecule is O=C(NCC1CCOCC1)N[C@H](CO)C(=O)O. The molecule has 0 radical (unpaired) electrons. The van der Waals surface area contributed by atoms with Crippen LogP contribution in [-0.4, -0.2) is 54.6 Å². The summed E-state index contributed by atoms with van der Waals surface area (Å²) in [6.45, 7) is 1.26. The van der Waals surface area contributed by atoms with Crippen molar-refractivity contribution in [2.45, 2.75) is 18.9 Å². The number of nitrogens with one attached hydrogen (secondary N) is 2. The molecule has 98 valence electrons. The van der Waals surface area contributed by atoms with E-state index in [1.807, 2.05) is 0 Å². The van der Waals surface area contributed by atoms with E-state index in [4.69, 9.17) is 14.9 Å². The zero-order chi connectivity index (χ0) is 12.7. The van der Waals surface area contributed by atoms with E-state index in [2.05, 4.69) is 10.6 Å². The summed E-state index contributed by atoms with van der Waals surface area (Å²) < 4.78 is 5.18. The molecule has 0 bridgehead atoms. The largest absolute Gasteiger partial charge is 0.480 e. The molecule has 4 N–H and O–H groups in total. The van der Waals surface area contributed by atoms with Gasteiger partial charge in [0.1, 0.15) is 0 Å². The van der Waals surface area contributed by atoms with Crippen LogP contribution in [-0.2, 0) is 9.53 Å². The molecule has 1 rings (SSSR count). The topological polar surface area (TPSA) is 108 Å². The fourth-order valence-electron chi connectivity index (χ4n) is 1.58. The molecule has 1 aliphatic heterocycles. The van der Waals surface area contributed by atoms with E-state index in [0.717, 1.165) is 12.8 Å². The monoisotopic (exact) mass is 246 g/mol. The number of aliphatic carboxylic acids is 1. The van der Waals surface area contributed by atoms with Crippen molar-refractivity contribution in [2.75, 3.05) is 26.4 Å². The van der Waals surface area contributed by atoms with Gasteiger partial charge in [-0.25, -0.2) is 9.59 Å². The highest BCUT2D eigenvalue weighted by Gasteiger charge is 2.19. The molecule has 0 aromatic rings. The molecular formula is C10H18N2O5. The fourth-order valence-corrected chi connectivity index (χ4v) is 1.58. The maximum atomic E-state index is 11.3. The van der Waals surface area contributed by atoms with Crippen molar-refractivity contribution in [1.29, 1.82) is 0 Å². The lowest BCUT2D eigenvalue weighted by Gasteiger charge is -2.22. The van der Waals surface area contributed by atoms with Gasteiger partial charge in [0.15, 0.2) is 6.04 Å². The van der Waals surface area contributed by atoms with Gasteiger partial charge < -0.3 is 25.6 Å². The summed E-state index contributed by atoms with van der Waals surface area (Å²) in [7, 11) is 0. The summed E-state index contributed by atoms with van der Waals surface area (Å²) in [4.78, 5) is 21.9. The Morgan fingerprint density at radius 3 is 2.53 bits per heavy atom. The number of hydrogen-bond donors (Lipinski definition) is 4. The van der Waals surface area contributed by atoms with Crippen LogP contribution in [0.1, 0.15) is 12.8 Å². The lowest BCUT2D eigenvalue weighted by molar-refractivity contribution is -0.140. The Kier molecular flexibility index (Phi) is 5.71. The summed E-state index contributed by atoms with van der Waals surface area (Å²) >= 11 is 0. The van der Waals surface area contributed by atoms with Crippen molar-refractivity contribution in [1.82, 2.24) is 10.6 Å². The molecule has 2 amide bonds. The van der Waals surface area contributed by atoms with Crippen LogP contribution in [0.2, 0.25) is 0 Å². The fraction of sp³-hybridized carbons (Fsp3) is 0.800. The number of hydrogen-bond acceptors (Lipinski definition) is 4. The number of amides is 2. The van der Waals surface area contributed by atoms with E-state index < -0.39 is 24.6 Å². The van der Waals surface area contributed by atoms with Crippen LogP contribution < -0.4 is 10.6 Å². The number of ether oxygens (including phenoxy) is 1. The Morgan fingerprint density at radius 2 is 2.00 bits per heavy atom. The number of carboxylic acid groups (broad SMARTS) is 1. The summed E-state index contributed by atoms with van der Waals surface area (Å²) in [5.41, 5.74) is 0. The summed E-state index contributed by atoms with van der Waals surface area (Å²) in [5, 5.41) is 22.1. The van der Waals surface area contributed by atoms with Crippen molar-refractivity contribution in [2.24, 2.45) is 5.92 Å². The van der Waals surface area contributed by atoms with Crippen LogP contribution in [0.25, 0.3) is 0 Å². The average Bonchev–Trinajstić information content (AvgIpc) is 2.34. The molecule has 0 spiro atoms. The zero-order valence-corrected chi connectivity index (χ0v) is 9.52. The van der Waals surface area contributed by atoms with Gasteiger partial charge in [0.05, 0.1) is 6.61 Å². The highest BCUT2D eigenvalue weighted by molar-refractivity contribution is 5.82. The first kappa shape index (κ1) is 13.7. The number of aliphatic hydroxyl groups is 1. The van der Waals surface area contributed by atoms with Crippen LogP contribution in [0.3, 0.4) is 0 Å². The maximum Gasteiger partial charge on any atom is 0.328 e. The first-order valence-electron chi connectivity index (χ1n) is 5.59. The predicted octanol–water partition coefficient (Wildman–Crippen LogP) is -0.842. The Bertz CT molecular complexity index is 265. The standard InChI is InChI=1S/C10H18N2O5/c13-6-8(9(14)15)12-10(16)11-5-7-1-3-17-4-2-7/h7-8,13H,1-6H2,(H,14,15)(H2,11,12,16)/t8-/m1/s1. The third-order valence-electron chi connectivity index (χ3n) is 2.68. The van der Waals surface area contributed by atoms with Crippen molar-refractivity contribution in [3.8, 4) is 0 Å². The zero-order valence-electron chi connectivity index (χ0n) is 9.52. The number of urea groups is 1. The number of rotatable bonds is 5. The first-order chi connectivity index (χ1) is 8.13. The summed E-state index contributed by atoms with van der Waals surface area (Å²) in [6.07, 6.45) is 1.78. The van der Waals surface area contributed by atoms with E-state index >= 15 is 0 Å². The normalized spacial score (nSPS) is 18.4. The minimum Gasteiger partial charge on any atom is -0.480 e. The molecular weight excluding hydrogens is 228 g/mol. The molecule has 7 heteroatoms. The van der Waals surface area contributed by atoms with Crippen LogP contribution in [0.5, 0.6) is 0 Å². The van der Waals surface area contributed by atoms with E-state index in [1.54, 1.807) is 0 Å². The Morgan fingerprint density at radius 1 is 1.35 bits per heavy atom. The van der Waals surface area contributed by atoms with Gasteiger partial charge in [0, 0.05) is 19.8 Å². The molecule has 1 heterocycles. The lowest BCUT2D eigenvalue weighted by Crippen LogP contribution is -2.49. The number of carbonyl (C=O) groups is 2. The minimum atomic E-state index is -1.26. The van der Waals surface area contributed by atoms with Gasteiger partial charge in [-0.1, -0.05) is 0 Å². The lowest BCUT2D eigenvalue weighted by atomic mass is 10.0. The van der Waals surface area contributed by atoms with Gasteiger partial charge in [-0.2, -0.15) is 0 Å². The third-order valence-corrected chi connectivity index (χ3v) is 2.68. The Hall–Kier alpha value is -1.34. The molecule has 1 aliphatic rings. The predicted molar refractivity (Wildman–Crippen MR) is 58.6 cm³/mol. The Labute approximate surface area is 99.1 Å². The molecule has 1 saturated heterocycles. The third kappa shape index (κ3) is 5.01. The number of aliphatic hydroxyl groups excluding tert-OH is 1. The van der Waals surface area contributed by atoms with Gasteiger partial charge in [-0.3, -0.25) is 0 Å². The van der Waals surface area contributed by atoms with Gasteiger partial charge in [0.2, 0.25) is 0 Å².